The largest absolute Gasteiger partial charge is 0.493 e. The van der Waals surface area contributed by atoms with E-state index in [1.807, 2.05) is 32.0 Å². The van der Waals surface area contributed by atoms with Gasteiger partial charge in [0.25, 0.3) is 0 Å². The predicted molar refractivity (Wildman–Crippen MR) is 113 cm³/mol. The molecule has 0 aromatic heterocycles. The molecule has 1 saturated heterocycles. The van der Waals surface area contributed by atoms with Crippen molar-refractivity contribution in [3.8, 4) is 11.5 Å². The van der Waals surface area contributed by atoms with Crippen LogP contribution in [0.25, 0.3) is 0 Å². The number of rotatable bonds is 6. The summed E-state index contributed by atoms with van der Waals surface area (Å²) >= 11 is 0. The Kier molecular flexibility index (Phi) is 6.15. The number of benzene rings is 1. The minimum Gasteiger partial charge on any atom is -0.493 e. The molecule has 1 heterocycles. The first-order valence-electron chi connectivity index (χ1n) is 10.2. The zero-order valence-electron chi connectivity index (χ0n) is 18.2. The zero-order valence-corrected chi connectivity index (χ0v) is 18.2. The molecule has 5 nitrogen and oxygen atoms in total. The van der Waals surface area contributed by atoms with Crippen LogP contribution >= 0.6 is 0 Å². The van der Waals surface area contributed by atoms with Gasteiger partial charge in [-0.3, -0.25) is 14.5 Å². The van der Waals surface area contributed by atoms with Gasteiger partial charge in [-0.15, -0.1) is 0 Å². The molecule has 156 valence electrons. The number of nitrogens with zero attached hydrogens (tertiary/aromatic N) is 1. The Balaban J connectivity index is 1.81. The SMILES string of the molecule is COc1ccc(CCN2C(=O)[C@@H]3[C@H](C=C(C)C)C=C(C)[C@H](C)[C@@H]3C2=O)cc1OC. The van der Waals surface area contributed by atoms with Gasteiger partial charge >= 0.3 is 0 Å². The molecule has 1 fully saturated rings. The quantitative estimate of drug-likeness (QED) is 0.537. The Morgan fingerprint density at radius 2 is 1.72 bits per heavy atom. The lowest BCUT2D eigenvalue weighted by molar-refractivity contribution is -0.140. The summed E-state index contributed by atoms with van der Waals surface area (Å²) < 4.78 is 10.6. The summed E-state index contributed by atoms with van der Waals surface area (Å²) in [5.41, 5.74) is 3.36. The van der Waals surface area contributed by atoms with Gasteiger partial charge in [-0.1, -0.05) is 36.3 Å². The third kappa shape index (κ3) is 3.96. The minimum absolute atomic E-state index is 0.0104. The van der Waals surface area contributed by atoms with Gasteiger partial charge in [0.1, 0.15) is 0 Å². The second-order valence-electron chi connectivity index (χ2n) is 8.34. The number of methoxy groups -OCH3 is 2. The molecule has 2 aliphatic rings. The van der Waals surface area contributed by atoms with Crippen molar-refractivity contribution in [2.75, 3.05) is 20.8 Å². The summed E-state index contributed by atoms with van der Waals surface area (Å²) in [5.74, 6) is 0.754. The van der Waals surface area contributed by atoms with Crippen LogP contribution < -0.4 is 9.47 Å². The van der Waals surface area contributed by atoms with Gasteiger partial charge in [-0.25, -0.2) is 0 Å². The van der Waals surface area contributed by atoms with Gasteiger partial charge < -0.3 is 9.47 Å². The Morgan fingerprint density at radius 3 is 2.34 bits per heavy atom. The zero-order chi connectivity index (χ0) is 21.3. The Labute approximate surface area is 173 Å². The number of imide groups is 1. The molecule has 1 aliphatic heterocycles. The van der Waals surface area contributed by atoms with E-state index in [2.05, 4.69) is 26.0 Å². The molecule has 0 spiro atoms. The molecule has 3 rings (SSSR count). The van der Waals surface area contributed by atoms with Gasteiger partial charge in [0.05, 0.1) is 26.1 Å². The number of fused-ring (bicyclic) bond motifs is 1. The van der Waals surface area contributed by atoms with E-state index in [-0.39, 0.29) is 35.5 Å². The van der Waals surface area contributed by atoms with Gasteiger partial charge in [0.15, 0.2) is 11.5 Å². The van der Waals surface area contributed by atoms with Crippen molar-refractivity contribution in [3.63, 3.8) is 0 Å². The molecule has 0 N–H and O–H groups in total. The average molecular weight is 398 g/mol. The van der Waals surface area contributed by atoms with Gasteiger partial charge in [-0.2, -0.15) is 0 Å². The van der Waals surface area contributed by atoms with Crippen molar-refractivity contribution < 1.29 is 19.1 Å². The molecule has 0 unspecified atom stereocenters. The topological polar surface area (TPSA) is 55.8 Å². The third-order valence-electron chi connectivity index (χ3n) is 6.21. The summed E-state index contributed by atoms with van der Waals surface area (Å²) in [5, 5.41) is 0. The van der Waals surface area contributed by atoms with Gasteiger partial charge in [0.2, 0.25) is 11.8 Å². The highest BCUT2D eigenvalue weighted by Crippen LogP contribution is 2.45. The molecule has 0 radical (unpaired) electrons. The van der Waals surface area contributed by atoms with Crippen molar-refractivity contribution in [1.82, 2.24) is 4.90 Å². The molecule has 5 heteroatoms. The van der Waals surface area contributed by atoms with E-state index in [0.717, 1.165) is 11.1 Å². The molecule has 1 aliphatic carbocycles. The van der Waals surface area contributed by atoms with Crippen LogP contribution in [0.1, 0.15) is 33.3 Å². The maximum absolute atomic E-state index is 13.2. The number of hydrogen-bond donors (Lipinski definition) is 0. The van der Waals surface area contributed by atoms with Crippen LogP contribution in [0.4, 0.5) is 0 Å². The molecule has 4 atom stereocenters. The van der Waals surface area contributed by atoms with E-state index in [4.69, 9.17) is 9.47 Å². The lowest BCUT2D eigenvalue weighted by Gasteiger charge is -2.32. The number of carbonyl (C=O) groups excluding carboxylic acids is 2. The summed E-state index contributed by atoms with van der Waals surface area (Å²) in [6, 6.07) is 5.69. The second-order valence-corrected chi connectivity index (χ2v) is 8.34. The Hall–Kier alpha value is -2.56. The van der Waals surface area contributed by atoms with E-state index in [1.54, 1.807) is 14.2 Å². The first kappa shape index (κ1) is 21.2. The van der Waals surface area contributed by atoms with E-state index < -0.39 is 0 Å². The highest BCUT2D eigenvalue weighted by Gasteiger charge is 2.53. The van der Waals surface area contributed by atoms with Gasteiger partial charge in [0, 0.05) is 12.5 Å². The van der Waals surface area contributed by atoms with E-state index >= 15 is 0 Å². The first-order chi connectivity index (χ1) is 13.8. The Morgan fingerprint density at radius 1 is 1.07 bits per heavy atom. The second kappa shape index (κ2) is 8.44. The normalized spacial score (nSPS) is 26.1. The molecule has 0 bridgehead atoms. The molecule has 1 aromatic rings. The molecule has 1 aromatic carbocycles. The number of hydrogen-bond acceptors (Lipinski definition) is 4. The lowest BCUT2D eigenvalue weighted by Crippen LogP contribution is -2.34. The Bertz CT molecular complexity index is 866. The molecule has 0 saturated carbocycles. The number of carbonyl (C=O) groups is 2. The van der Waals surface area contributed by atoms with Gasteiger partial charge in [-0.05, 0) is 50.8 Å². The molecule has 2 amide bonds. The van der Waals surface area contributed by atoms with Crippen LogP contribution in [-0.2, 0) is 16.0 Å². The number of likely N-dealkylation sites (tertiary alicyclic amines) is 1. The summed E-state index contributed by atoms with van der Waals surface area (Å²) in [4.78, 5) is 27.9. The first-order valence-corrected chi connectivity index (χ1v) is 10.2. The van der Waals surface area contributed by atoms with Crippen LogP contribution in [0.15, 0.2) is 41.5 Å². The highest BCUT2D eigenvalue weighted by molar-refractivity contribution is 6.06. The van der Waals surface area contributed by atoms with Crippen molar-refractivity contribution in [2.45, 2.75) is 34.1 Å². The summed E-state index contributed by atoms with van der Waals surface area (Å²) in [6.45, 7) is 8.58. The molecule has 29 heavy (non-hydrogen) atoms. The highest BCUT2D eigenvalue weighted by atomic mass is 16.5. The van der Waals surface area contributed by atoms with Crippen LogP contribution in [0.5, 0.6) is 11.5 Å². The van der Waals surface area contributed by atoms with Crippen LogP contribution in [-0.4, -0.2) is 37.5 Å². The van der Waals surface area contributed by atoms with E-state index in [0.29, 0.717) is 24.5 Å². The predicted octanol–water partition coefficient (Wildman–Crippen LogP) is 4.03. The van der Waals surface area contributed by atoms with Crippen molar-refractivity contribution in [2.24, 2.45) is 23.7 Å². The lowest BCUT2D eigenvalue weighted by atomic mass is 9.69. The van der Waals surface area contributed by atoms with E-state index in [1.165, 1.54) is 10.5 Å². The fourth-order valence-electron chi connectivity index (χ4n) is 4.58. The van der Waals surface area contributed by atoms with Crippen molar-refractivity contribution >= 4 is 11.8 Å². The number of ether oxygens (including phenoxy) is 2. The third-order valence-corrected chi connectivity index (χ3v) is 6.21. The maximum atomic E-state index is 13.2. The summed E-state index contributed by atoms with van der Waals surface area (Å²) in [6.07, 6.45) is 4.88. The summed E-state index contributed by atoms with van der Waals surface area (Å²) in [7, 11) is 3.20. The fraction of sp³-hybridized carbons (Fsp3) is 0.500. The average Bonchev–Trinajstić information content (AvgIpc) is 2.94. The monoisotopic (exact) mass is 397 g/mol. The number of amides is 2. The van der Waals surface area contributed by atoms with Crippen LogP contribution in [0.2, 0.25) is 0 Å². The van der Waals surface area contributed by atoms with Crippen LogP contribution in [0.3, 0.4) is 0 Å². The fourth-order valence-corrected chi connectivity index (χ4v) is 4.58. The van der Waals surface area contributed by atoms with E-state index in [9.17, 15) is 9.59 Å². The standard InChI is InChI=1S/C24H31NO4/c1-14(2)11-18-12-15(3)16(4)21-22(18)24(27)25(23(21)26)10-9-17-7-8-19(28-5)20(13-17)29-6/h7-8,11-13,16,18,21-22H,9-10H2,1-6H3/t16-,18+,21-,22+/m0/s1. The van der Waals surface area contributed by atoms with Crippen molar-refractivity contribution in [1.29, 1.82) is 0 Å². The number of allylic oxidation sites excluding steroid dienone is 4. The van der Waals surface area contributed by atoms with Crippen LogP contribution in [0, 0.1) is 23.7 Å². The maximum Gasteiger partial charge on any atom is 0.234 e. The minimum atomic E-state index is -0.290. The molecular weight excluding hydrogens is 366 g/mol. The molecular formula is C24H31NO4. The van der Waals surface area contributed by atoms with Crippen molar-refractivity contribution in [3.05, 3.63) is 47.1 Å². The smallest absolute Gasteiger partial charge is 0.234 e.